The summed E-state index contributed by atoms with van der Waals surface area (Å²) in [6.45, 7) is 13.4. The topological polar surface area (TPSA) is 87.9 Å². The van der Waals surface area contributed by atoms with Gasteiger partial charge in [0.1, 0.15) is 5.75 Å². The van der Waals surface area contributed by atoms with Gasteiger partial charge in [-0.3, -0.25) is 14.9 Å². The number of nitro benzene ring substituents is 1. The van der Waals surface area contributed by atoms with Gasteiger partial charge in [0.25, 0.3) is 5.69 Å². The van der Waals surface area contributed by atoms with Crippen LogP contribution < -0.4 is 4.74 Å². The first-order valence-electron chi connectivity index (χ1n) is 10.8. The van der Waals surface area contributed by atoms with Crippen molar-refractivity contribution in [2.24, 2.45) is 5.41 Å². The van der Waals surface area contributed by atoms with Crippen molar-refractivity contribution in [2.45, 2.75) is 72.7 Å². The molecule has 7 nitrogen and oxygen atoms in total. The first-order valence-corrected chi connectivity index (χ1v) is 11.2. The molecule has 0 spiro atoms. The van der Waals surface area contributed by atoms with Crippen molar-refractivity contribution in [1.29, 1.82) is 0 Å². The minimum atomic E-state index is -0.937. The molecule has 3 radical (unpaired) electrons. The van der Waals surface area contributed by atoms with E-state index in [4.69, 9.17) is 13.9 Å². The minimum Gasteiger partial charge on any atom is -0.491 e. The summed E-state index contributed by atoms with van der Waals surface area (Å²) < 4.78 is 17.3. The number of nitro groups is 1. The van der Waals surface area contributed by atoms with E-state index < -0.39 is 22.6 Å². The second-order valence-corrected chi connectivity index (χ2v) is 9.80. The Morgan fingerprint density at radius 2 is 1.73 bits per heavy atom. The lowest BCUT2D eigenvalue weighted by Crippen LogP contribution is -2.45. The van der Waals surface area contributed by atoms with Crippen LogP contribution >= 0.6 is 0 Å². The molecule has 0 saturated carbocycles. The second kappa shape index (κ2) is 10.5. The van der Waals surface area contributed by atoms with Gasteiger partial charge in [-0.2, -0.15) is 0 Å². The van der Waals surface area contributed by atoms with Crippen molar-refractivity contribution < 1.29 is 23.6 Å². The number of benzene rings is 2. The van der Waals surface area contributed by atoms with Crippen LogP contribution in [0.4, 0.5) is 5.69 Å². The SMILES string of the molecule is CC(=O)OC(c1ccc(C)cc1)c1cc(OC(C)CC(C)(O[Si])C(C)(C)C)ccc1[N+](=O)[O-]. The van der Waals surface area contributed by atoms with Crippen LogP contribution in [0.1, 0.15) is 70.8 Å². The second-order valence-electron chi connectivity index (χ2n) is 9.59. The van der Waals surface area contributed by atoms with Crippen molar-refractivity contribution in [3.8, 4) is 5.75 Å². The van der Waals surface area contributed by atoms with E-state index in [0.29, 0.717) is 17.7 Å². The van der Waals surface area contributed by atoms with Gasteiger partial charge in [0.05, 0.1) is 22.2 Å². The Morgan fingerprint density at radius 1 is 1.12 bits per heavy atom. The fourth-order valence-corrected chi connectivity index (χ4v) is 3.91. The molecule has 2 aromatic carbocycles. The number of carbonyl (C=O) groups excluding carboxylic acids is 1. The molecule has 0 heterocycles. The average Bonchev–Trinajstić information content (AvgIpc) is 2.71. The highest BCUT2D eigenvalue weighted by Gasteiger charge is 2.39. The lowest BCUT2D eigenvalue weighted by molar-refractivity contribution is -0.386. The summed E-state index contributed by atoms with van der Waals surface area (Å²) in [5.74, 6) is -0.0950. The molecule has 2 aromatic rings. The molecule has 33 heavy (non-hydrogen) atoms. The number of hydrogen-bond donors (Lipinski definition) is 0. The van der Waals surface area contributed by atoms with E-state index in [1.165, 1.54) is 13.0 Å². The zero-order valence-electron chi connectivity index (χ0n) is 20.3. The van der Waals surface area contributed by atoms with Gasteiger partial charge in [-0.25, -0.2) is 0 Å². The van der Waals surface area contributed by atoms with Gasteiger partial charge < -0.3 is 13.9 Å². The maximum Gasteiger partial charge on any atom is 0.303 e. The zero-order chi connectivity index (χ0) is 25.0. The monoisotopic (exact) mass is 470 g/mol. The molecule has 3 atom stereocenters. The Morgan fingerprint density at radius 3 is 2.21 bits per heavy atom. The van der Waals surface area contributed by atoms with Crippen LogP contribution in [-0.4, -0.2) is 33.1 Å². The quantitative estimate of drug-likeness (QED) is 0.205. The molecule has 0 saturated heterocycles. The van der Waals surface area contributed by atoms with Crippen LogP contribution in [0.15, 0.2) is 42.5 Å². The van der Waals surface area contributed by atoms with E-state index in [-0.39, 0.29) is 22.8 Å². The first kappa shape index (κ1) is 26.5. The van der Waals surface area contributed by atoms with Gasteiger partial charge >= 0.3 is 5.97 Å². The minimum absolute atomic E-state index is 0.148. The summed E-state index contributed by atoms with van der Waals surface area (Å²) in [5, 5.41) is 11.8. The maximum absolute atomic E-state index is 11.9. The molecule has 8 heteroatoms. The predicted octanol–water partition coefficient (Wildman–Crippen LogP) is 5.62. The average molecular weight is 471 g/mol. The third kappa shape index (κ3) is 6.64. The number of esters is 1. The number of carbonyl (C=O) groups is 1. The molecular formula is C25H32NO6Si. The fourth-order valence-electron chi connectivity index (χ4n) is 3.52. The standard InChI is InChI=1S/C25H32NO6Si/c1-16-8-10-19(11-9-16)23(31-18(3)27)21-14-20(12-13-22(21)26(28)29)30-17(2)15-25(7,32-33)24(4,5)6/h8-14,17,23H,15H2,1-7H3. The summed E-state index contributed by atoms with van der Waals surface area (Å²) in [5.41, 5.74) is 1.07. The molecular weight excluding hydrogens is 438 g/mol. The van der Waals surface area contributed by atoms with Gasteiger partial charge in [0.15, 0.2) is 6.10 Å². The van der Waals surface area contributed by atoms with Crippen LogP contribution in [0.2, 0.25) is 0 Å². The predicted molar refractivity (Wildman–Crippen MR) is 127 cm³/mol. The lowest BCUT2D eigenvalue weighted by Gasteiger charge is -2.42. The molecule has 3 unspecified atom stereocenters. The van der Waals surface area contributed by atoms with Crippen LogP contribution in [0.3, 0.4) is 0 Å². The van der Waals surface area contributed by atoms with Crippen molar-refractivity contribution in [3.63, 3.8) is 0 Å². The van der Waals surface area contributed by atoms with Gasteiger partial charge in [-0.05, 0) is 43.9 Å². The molecule has 0 N–H and O–H groups in total. The Labute approximate surface area is 199 Å². The number of ether oxygens (including phenoxy) is 2. The van der Waals surface area contributed by atoms with E-state index in [1.54, 1.807) is 24.3 Å². The van der Waals surface area contributed by atoms with Crippen LogP contribution in [0.25, 0.3) is 0 Å². The van der Waals surface area contributed by atoms with Crippen molar-refractivity contribution in [1.82, 2.24) is 0 Å². The number of hydrogen-bond acceptors (Lipinski definition) is 6. The smallest absolute Gasteiger partial charge is 0.303 e. The van der Waals surface area contributed by atoms with Crippen molar-refractivity contribution >= 4 is 22.1 Å². The summed E-state index contributed by atoms with van der Waals surface area (Å²) in [6, 6.07) is 11.8. The van der Waals surface area contributed by atoms with E-state index in [0.717, 1.165) is 5.56 Å². The van der Waals surface area contributed by atoms with Crippen LogP contribution in [0, 0.1) is 22.5 Å². The maximum atomic E-state index is 11.9. The molecule has 0 bridgehead atoms. The zero-order valence-corrected chi connectivity index (χ0v) is 21.3. The highest BCUT2D eigenvalue weighted by Crippen LogP contribution is 2.39. The number of rotatable bonds is 9. The lowest BCUT2D eigenvalue weighted by atomic mass is 9.75. The highest BCUT2D eigenvalue weighted by molar-refractivity contribution is 5.98. The van der Waals surface area contributed by atoms with Crippen molar-refractivity contribution in [2.75, 3.05) is 0 Å². The van der Waals surface area contributed by atoms with E-state index in [9.17, 15) is 14.9 Å². The van der Waals surface area contributed by atoms with Gasteiger partial charge in [-0.15, -0.1) is 0 Å². The number of aryl methyl sites for hydroxylation is 1. The fraction of sp³-hybridized carbons (Fsp3) is 0.480. The van der Waals surface area contributed by atoms with Crippen LogP contribution in [-0.2, 0) is 14.0 Å². The summed E-state index contributed by atoms with van der Waals surface area (Å²) in [4.78, 5) is 23.1. The summed E-state index contributed by atoms with van der Waals surface area (Å²) in [6.07, 6.45) is -0.628. The first-order chi connectivity index (χ1) is 15.3. The molecule has 0 aliphatic carbocycles. The van der Waals surface area contributed by atoms with E-state index >= 15 is 0 Å². The largest absolute Gasteiger partial charge is 0.491 e. The third-order valence-electron chi connectivity index (χ3n) is 5.97. The Hall–Kier alpha value is -2.71. The van der Waals surface area contributed by atoms with Crippen LogP contribution in [0.5, 0.6) is 5.75 Å². The summed E-state index contributed by atoms with van der Waals surface area (Å²) in [7, 11) is 3.21. The molecule has 0 aromatic heterocycles. The molecule has 0 aliphatic heterocycles. The molecule has 0 aliphatic rings. The normalized spacial score (nSPS) is 15.3. The highest BCUT2D eigenvalue weighted by atomic mass is 28.2. The Bertz CT molecular complexity index is 985. The molecule has 177 valence electrons. The summed E-state index contributed by atoms with van der Waals surface area (Å²) >= 11 is 0. The number of nitrogens with zero attached hydrogens (tertiary/aromatic N) is 1. The molecule has 2 rings (SSSR count). The Kier molecular flexibility index (Phi) is 8.43. The van der Waals surface area contributed by atoms with E-state index in [1.807, 2.05) is 32.9 Å². The molecule has 0 fully saturated rings. The Balaban J connectivity index is 2.45. The van der Waals surface area contributed by atoms with E-state index in [2.05, 4.69) is 31.3 Å². The van der Waals surface area contributed by atoms with Crippen molar-refractivity contribution in [3.05, 3.63) is 69.3 Å². The third-order valence-corrected chi connectivity index (χ3v) is 6.42. The van der Waals surface area contributed by atoms with Gasteiger partial charge in [0.2, 0.25) is 10.5 Å². The molecule has 0 amide bonds. The van der Waals surface area contributed by atoms with Gasteiger partial charge in [0, 0.05) is 19.4 Å². The van der Waals surface area contributed by atoms with Gasteiger partial charge in [-0.1, -0.05) is 50.6 Å².